The van der Waals surface area contributed by atoms with Gasteiger partial charge in [0.05, 0.1) is 0 Å². The molecule has 0 aromatic rings. The molecule has 0 N–H and O–H groups in total. The molecule has 0 aliphatic carbocycles. The van der Waals surface area contributed by atoms with Crippen LogP contribution in [0.15, 0.2) is 12.2 Å². The van der Waals surface area contributed by atoms with Gasteiger partial charge in [-0.25, -0.2) is 0 Å². The van der Waals surface area contributed by atoms with E-state index >= 15 is 0 Å². The summed E-state index contributed by atoms with van der Waals surface area (Å²) in [7, 11) is 0. The van der Waals surface area contributed by atoms with Crippen molar-refractivity contribution < 1.29 is 0 Å². The minimum absolute atomic E-state index is 1.14. The van der Waals surface area contributed by atoms with Crippen molar-refractivity contribution in [2.75, 3.05) is 0 Å². The highest BCUT2D eigenvalue weighted by Crippen LogP contribution is 1.93. The van der Waals surface area contributed by atoms with E-state index in [0.29, 0.717) is 0 Å². The topological polar surface area (TPSA) is 0 Å². The molecule has 47 valence electrons. The van der Waals surface area contributed by atoms with Gasteiger partial charge < -0.3 is 0 Å². The van der Waals surface area contributed by atoms with E-state index in [2.05, 4.69) is 32.4 Å². The summed E-state index contributed by atoms with van der Waals surface area (Å²) in [6, 6.07) is 0. The summed E-state index contributed by atoms with van der Waals surface area (Å²) in [5.41, 5.74) is 0. The normalized spacial score (nSPS) is 10.8. The third kappa shape index (κ3) is 5.74. The van der Waals surface area contributed by atoms with Gasteiger partial charge in [-0.05, 0) is 19.3 Å². The summed E-state index contributed by atoms with van der Waals surface area (Å²) in [5, 5.41) is 0. The molecule has 0 aliphatic heterocycles. The van der Waals surface area contributed by atoms with Gasteiger partial charge in [0.2, 0.25) is 0 Å². The van der Waals surface area contributed by atoms with Crippen molar-refractivity contribution in [1.82, 2.24) is 0 Å². The highest BCUT2D eigenvalue weighted by molar-refractivity contribution is 4.85. The molecule has 0 saturated heterocycles. The van der Waals surface area contributed by atoms with Crippen LogP contribution in [0.2, 0.25) is 0 Å². The van der Waals surface area contributed by atoms with Crippen LogP contribution in [0.1, 0.15) is 33.1 Å². The van der Waals surface area contributed by atoms with Crippen molar-refractivity contribution in [3.05, 3.63) is 18.6 Å². The van der Waals surface area contributed by atoms with Gasteiger partial charge >= 0.3 is 0 Å². The molecule has 0 bridgehead atoms. The van der Waals surface area contributed by atoms with Crippen LogP contribution >= 0.6 is 0 Å². The van der Waals surface area contributed by atoms with E-state index in [9.17, 15) is 0 Å². The Labute approximate surface area is 52.6 Å². The van der Waals surface area contributed by atoms with Crippen LogP contribution in [0.4, 0.5) is 0 Å². The minimum Gasteiger partial charge on any atom is -0.0888 e. The highest BCUT2D eigenvalue weighted by atomic mass is 13.8. The van der Waals surface area contributed by atoms with Crippen molar-refractivity contribution in [2.24, 2.45) is 0 Å². The smallest absolute Gasteiger partial charge is 0.0320 e. The van der Waals surface area contributed by atoms with Crippen LogP contribution in [-0.2, 0) is 0 Å². The predicted octanol–water partition coefficient (Wildman–Crippen LogP) is 2.96. The lowest BCUT2D eigenvalue weighted by Crippen LogP contribution is -1.66. The standard InChI is InChI=1S/C8H15/c1-3-5-7-8-6-4-2/h5-7H,3-4,8H2,1-2H3/b7-5-. The summed E-state index contributed by atoms with van der Waals surface area (Å²) in [5.74, 6) is 0. The molecule has 0 saturated carbocycles. The van der Waals surface area contributed by atoms with Crippen molar-refractivity contribution in [2.45, 2.75) is 33.1 Å². The molecule has 8 heavy (non-hydrogen) atoms. The van der Waals surface area contributed by atoms with Gasteiger partial charge in [-0.15, -0.1) is 0 Å². The van der Waals surface area contributed by atoms with E-state index < -0.39 is 0 Å². The maximum absolute atomic E-state index is 2.27. The summed E-state index contributed by atoms with van der Waals surface area (Å²) in [6.45, 7) is 4.32. The molecule has 0 spiro atoms. The highest BCUT2D eigenvalue weighted by Gasteiger charge is 1.75. The lowest BCUT2D eigenvalue weighted by Gasteiger charge is -1.84. The first kappa shape index (κ1) is 7.74. The molecule has 0 atom stereocenters. The monoisotopic (exact) mass is 111 g/mol. The van der Waals surface area contributed by atoms with Gasteiger partial charge in [-0.2, -0.15) is 0 Å². The van der Waals surface area contributed by atoms with Crippen LogP contribution in [-0.4, -0.2) is 0 Å². The third-order valence-electron chi connectivity index (χ3n) is 0.994. The van der Waals surface area contributed by atoms with Crippen molar-refractivity contribution in [1.29, 1.82) is 0 Å². The Bertz CT molecular complexity index is 53.1. The fraction of sp³-hybridized carbons (Fsp3) is 0.625. The second-order valence-electron chi connectivity index (χ2n) is 1.81. The number of hydrogen-bond acceptors (Lipinski definition) is 0. The Morgan fingerprint density at radius 3 is 2.25 bits per heavy atom. The molecular formula is C8H15. The molecule has 0 aromatic heterocycles. The molecule has 0 heterocycles. The third-order valence-corrected chi connectivity index (χ3v) is 0.994. The zero-order valence-corrected chi connectivity index (χ0v) is 5.85. The fourth-order valence-corrected chi connectivity index (χ4v) is 0.526. The lowest BCUT2D eigenvalue weighted by atomic mass is 10.2. The minimum atomic E-state index is 1.14. The molecule has 0 nitrogen and oxygen atoms in total. The van der Waals surface area contributed by atoms with E-state index in [4.69, 9.17) is 0 Å². The summed E-state index contributed by atoms with van der Waals surface area (Å²) in [4.78, 5) is 0. The number of hydrogen-bond donors (Lipinski definition) is 0. The maximum atomic E-state index is 2.27. The molecule has 0 aromatic carbocycles. The summed E-state index contributed by atoms with van der Waals surface area (Å²) < 4.78 is 0. The summed E-state index contributed by atoms with van der Waals surface area (Å²) >= 11 is 0. The van der Waals surface area contributed by atoms with Crippen LogP contribution in [0, 0.1) is 6.42 Å². The fourth-order valence-electron chi connectivity index (χ4n) is 0.526. The van der Waals surface area contributed by atoms with Crippen molar-refractivity contribution in [3.63, 3.8) is 0 Å². The Kier molecular flexibility index (Phi) is 6.52. The Morgan fingerprint density at radius 2 is 1.75 bits per heavy atom. The number of allylic oxidation sites excluding steroid dienone is 2. The Balaban J connectivity index is 2.80. The average molecular weight is 111 g/mol. The predicted molar refractivity (Wildman–Crippen MR) is 38.6 cm³/mol. The van der Waals surface area contributed by atoms with E-state index in [1.54, 1.807) is 0 Å². The van der Waals surface area contributed by atoms with Crippen LogP contribution in [0.25, 0.3) is 0 Å². The number of unbranched alkanes of at least 4 members (excludes halogenated alkanes) is 2. The van der Waals surface area contributed by atoms with Crippen molar-refractivity contribution in [3.8, 4) is 0 Å². The quantitative estimate of drug-likeness (QED) is 0.386. The zero-order chi connectivity index (χ0) is 6.24. The lowest BCUT2D eigenvalue weighted by molar-refractivity contribution is 1.02. The SMILES string of the molecule is CC[CH]C/C=C\CC. The molecule has 0 amide bonds. The average Bonchev–Trinajstić information content (AvgIpc) is 1.81. The second-order valence-corrected chi connectivity index (χ2v) is 1.81. The van der Waals surface area contributed by atoms with Gasteiger partial charge in [0.1, 0.15) is 0 Å². The van der Waals surface area contributed by atoms with Gasteiger partial charge in [-0.3, -0.25) is 0 Å². The maximum Gasteiger partial charge on any atom is -0.0320 e. The van der Waals surface area contributed by atoms with Crippen LogP contribution in [0.5, 0.6) is 0 Å². The summed E-state index contributed by atoms with van der Waals surface area (Å²) in [6.07, 6.45) is 10.2. The van der Waals surface area contributed by atoms with Gasteiger partial charge in [-0.1, -0.05) is 32.4 Å². The molecular weight excluding hydrogens is 96.1 g/mol. The second kappa shape index (κ2) is 6.74. The number of rotatable bonds is 4. The first-order chi connectivity index (χ1) is 3.91. The van der Waals surface area contributed by atoms with E-state index in [1.165, 1.54) is 6.42 Å². The Hall–Kier alpha value is -0.260. The van der Waals surface area contributed by atoms with E-state index in [-0.39, 0.29) is 0 Å². The van der Waals surface area contributed by atoms with Gasteiger partial charge in [0.15, 0.2) is 0 Å². The van der Waals surface area contributed by atoms with Crippen molar-refractivity contribution >= 4 is 0 Å². The largest absolute Gasteiger partial charge is 0.0888 e. The molecule has 0 heteroatoms. The molecule has 0 unspecified atom stereocenters. The Morgan fingerprint density at radius 1 is 1.00 bits per heavy atom. The van der Waals surface area contributed by atoms with E-state index in [1.807, 2.05) is 0 Å². The first-order valence-corrected chi connectivity index (χ1v) is 3.38. The first-order valence-electron chi connectivity index (χ1n) is 3.38. The van der Waals surface area contributed by atoms with E-state index in [0.717, 1.165) is 12.8 Å². The molecule has 1 radical (unpaired) electrons. The molecule has 0 fully saturated rings. The molecule has 0 aliphatic rings. The van der Waals surface area contributed by atoms with Gasteiger partial charge in [0.25, 0.3) is 0 Å². The van der Waals surface area contributed by atoms with Gasteiger partial charge in [0, 0.05) is 0 Å². The van der Waals surface area contributed by atoms with Crippen LogP contribution < -0.4 is 0 Å². The molecule has 0 rings (SSSR count). The zero-order valence-electron chi connectivity index (χ0n) is 5.85. The van der Waals surface area contributed by atoms with Crippen LogP contribution in [0.3, 0.4) is 0 Å².